The van der Waals surface area contributed by atoms with E-state index in [2.05, 4.69) is 28.9 Å². The van der Waals surface area contributed by atoms with E-state index in [1.165, 1.54) is 12.8 Å². The van der Waals surface area contributed by atoms with Gasteiger partial charge in [-0.2, -0.15) is 0 Å². The van der Waals surface area contributed by atoms with Crippen LogP contribution in [0.5, 0.6) is 0 Å². The van der Waals surface area contributed by atoms with Gasteiger partial charge in [-0.15, -0.1) is 5.10 Å². The minimum Gasteiger partial charge on any atom is -0.407 e. The Labute approximate surface area is 89.6 Å². The molecule has 0 saturated carbocycles. The number of anilines is 1. The molecule has 5 heteroatoms. The fourth-order valence-corrected chi connectivity index (χ4v) is 2.13. The standard InChI is InChI=1S/C10H18N4O/c1-7-3-4-14(8(2)5-7)10-13-12-9(6-11)15-10/h7-8H,3-6,11H2,1-2H3. The van der Waals surface area contributed by atoms with E-state index in [-0.39, 0.29) is 0 Å². The lowest BCUT2D eigenvalue weighted by Gasteiger charge is -2.34. The lowest BCUT2D eigenvalue weighted by molar-refractivity contribution is 0.353. The van der Waals surface area contributed by atoms with E-state index in [0.29, 0.717) is 24.5 Å². The van der Waals surface area contributed by atoms with Gasteiger partial charge < -0.3 is 15.1 Å². The van der Waals surface area contributed by atoms with Crippen molar-refractivity contribution in [1.82, 2.24) is 10.2 Å². The van der Waals surface area contributed by atoms with Crippen LogP contribution in [0, 0.1) is 5.92 Å². The molecule has 1 fully saturated rings. The molecule has 2 N–H and O–H groups in total. The summed E-state index contributed by atoms with van der Waals surface area (Å²) >= 11 is 0. The number of hydrogen-bond acceptors (Lipinski definition) is 5. The van der Waals surface area contributed by atoms with Crippen LogP contribution < -0.4 is 10.6 Å². The lowest BCUT2D eigenvalue weighted by Crippen LogP contribution is -2.40. The lowest BCUT2D eigenvalue weighted by atomic mass is 9.94. The Morgan fingerprint density at radius 3 is 2.87 bits per heavy atom. The number of piperidine rings is 1. The number of hydrogen-bond donors (Lipinski definition) is 1. The van der Waals surface area contributed by atoms with Crippen LogP contribution in [-0.4, -0.2) is 22.8 Å². The van der Waals surface area contributed by atoms with Crippen molar-refractivity contribution in [3.8, 4) is 0 Å². The van der Waals surface area contributed by atoms with E-state index in [0.717, 1.165) is 12.5 Å². The maximum atomic E-state index is 5.46. The van der Waals surface area contributed by atoms with E-state index < -0.39 is 0 Å². The molecule has 2 rings (SSSR count). The Morgan fingerprint density at radius 1 is 1.47 bits per heavy atom. The third kappa shape index (κ3) is 2.12. The van der Waals surface area contributed by atoms with Crippen LogP contribution in [-0.2, 0) is 6.54 Å². The SMILES string of the molecule is CC1CCN(c2nnc(CN)o2)C(C)C1. The highest BCUT2D eigenvalue weighted by Crippen LogP contribution is 2.26. The van der Waals surface area contributed by atoms with Gasteiger partial charge >= 0.3 is 6.01 Å². The molecule has 0 spiro atoms. The summed E-state index contributed by atoms with van der Waals surface area (Å²) in [6.45, 7) is 5.79. The van der Waals surface area contributed by atoms with Gasteiger partial charge in [-0.05, 0) is 25.7 Å². The first-order valence-electron chi connectivity index (χ1n) is 5.49. The Morgan fingerprint density at radius 2 is 2.27 bits per heavy atom. The van der Waals surface area contributed by atoms with Crippen LogP contribution in [0.1, 0.15) is 32.6 Å². The van der Waals surface area contributed by atoms with Gasteiger partial charge in [-0.3, -0.25) is 0 Å². The molecule has 2 heterocycles. The van der Waals surface area contributed by atoms with Crippen LogP contribution in [0.4, 0.5) is 6.01 Å². The summed E-state index contributed by atoms with van der Waals surface area (Å²) in [6, 6.07) is 1.09. The average molecular weight is 210 g/mol. The zero-order valence-electron chi connectivity index (χ0n) is 9.31. The van der Waals surface area contributed by atoms with Crippen molar-refractivity contribution in [3.63, 3.8) is 0 Å². The molecule has 0 radical (unpaired) electrons. The van der Waals surface area contributed by atoms with Crippen LogP contribution in [0.2, 0.25) is 0 Å². The first-order chi connectivity index (χ1) is 7.20. The van der Waals surface area contributed by atoms with E-state index in [1.54, 1.807) is 0 Å². The number of nitrogens with two attached hydrogens (primary N) is 1. The predicted octanol–water partition coefficient (Wildman–Crippen LogP) is 1.15. The van der Waals surface area contributed by atoms with Gasteiger partial charge in [0, 0.05) is 12.6 Å². The van der Waals surface area contributed by atoms with E-state index in [9.17, 15) is 0 Å². The van der Waals surface area contributed by atoms with Gasteiger partial charge in [0.05, 0.1) is 6.54 Å². The summed E-state index contributed by atoms with van der Waals surface area (Å²) in [7, 11) is 0. The minimum absolute atomic E-state index is 0.311. The normalized spacial score (nSPS) is 27.0. The van der Waals surface area contributed by atoms with Crippen LogP contribution in [0.25, 0.3) is 0 Å². The molecule has 2 unspecified atom stereocenters. The average Bonchev–Trinajstić information content (AvgIpc) is 2.66. The molecule has 1 aliphatic rings. The quantitative estimate of drug-likeness (QED) is 0.793. The highest BCUT2D eigenvalue weighted by molar-refractivity contribution is 5.27. The second-order valence-corrected chi connectivity index (χ2v) is 4.35. The molecule has 15 heavy (non-hydrogen) atoms. The second-order valence-electron chi connectivity index (χ2n) is 4.35. The van der Waals surface area contributed by atoms with Crippen molar-refractivity contribution < 1.29 is 4.42 Å². The fraction of sp³-hybridized carbons (Fsp3) is 0.800. The van der Waals surface area contributed by atoms with Crippen molar-refractivity contribution in [1.29, 1.82) is 0 Å². The zero-order valence-corrected chi connectivity index (χ0v) is 9.31. The van der Waals surface area contributed by atoms with Gasteiger partial charge in [-0.25, -0.2) is 0 Å². The van der Waals surface area contributed by atoms with E-state index >= 15 is 0 Å². The predicted molar refractivity (Wildman–Crippen MR) is 57.4 cm³/mol. The van der Waals surface area contributed by atoms with Crippen molar-refractivity contribution >= 4 is 6.01 Å². The number of aromatic nitrogens is 2. The Balaban J connectivity index is 2.09. The molecule has 1 aromatic heterocycles. The smallest absolute Gasteiger partial charge is 0.318 e. The van der Waals surface area contributed by atoms with Gasteiger partial charge in [0.15, 0.2) is 0 Å². The molecule has 0 bridgehead atoms. The van der Waals surface area contributed by atoms with Crippen molar-refractivity contribution in [2.75, 3.05) is 11.4 Å². The highest BCUT2D eigenvalue weighted by atomic mass is 16.4. The Hall–Kier alpha value is -1.10. The largest absolute Gasteiger partial charge is 0.407 e. The number of rotatable bonds is 2. The van der Waals surface area contributed by atoms with Gasteiger partial charge in [-0.1, -0.05) is 12.0 Å². The molecule has 1 aromatic rings. The van der Waals surface area contributed by atoms with Crippen LogP contribution >= 0.6 is 0 Å². The monoisotopic (exact) mass is 210 g/mol. The topological polar surface area (TPSA) is 68.2 Å². The maximum absolute atomic E-state index is 5.46. The maximum Gasteiger partial charge on any atom is 0.318 e. The van der Waals surface area contributed by atoms with Gasteiger partial charge in [0.1, 0.15) is 0 Å². The summed E-state index contributed by atoms with van der Waals surface area (Å²) < 4.78 is 5.46. The third-order valence-electron chi connectivity index (χ3n) is 3.01. The molecule has 0 amide bonds. The van der Waals surface area contributed by atoms with E-state index in [4.69, 9.17) is 10.2 Å². The molecule has 1 saturated heterocycles. The molecule has 1 aliphatic heterocycles. The number of nitrogens with zero attached hydrogens (tertiary/aromatic N) is 3. The van der Waals surface area contributed by atoms with Gasteiger partial charge in [0.25, 0.3) is 0 Å². The Bertz CT molecular complexity index is 325. The zero-order chi connectivity index (χ0) is 10.8. The highest BCUT2D eigenvalue weighted by Gasteiger charge is 2.26. The molecule has 0 aromatic carbocycles. The fourth-order valence-electron chi connectivity index (χ4n) is 2.13. The molecule has 84 valence electrons. The van der Waals surface area contributed by atoms with E-state index in [1.807, 2.05) is 0 Å². The second kappa shape index (κ2) is 4.18. The van der Waals surface area contributed by atoms with Crippen LogP contribution in [0.15, 0.2) is 4.42 Å². The summed E-state index contributed by atoms with van der Waals surface area (Å²) in [5, 5.41) is 7.90. The molecular weight excluding hydrogens is 192 g/mol. The summed E-state index contributed by atoms with van der Waals surface area (Å²) in [5.41, 5.74) is 5.43. The first kappa shape index (κ1) is 10.4. The van der Waals surface area contributed by atoms with Crippen molar-refractivity contribution in [2.24, 2.45) is 11.7 Å². The molecular formula is C10H18N4O. The van der Waals surface area contributed by atoms with Crippen molar-refractivity contribution in [3.05, 3.63) is 5.89 Å². The van der Waals surface area contributed by atoms with Gasteiger partial charge in [0.2, 0.25) is 5.89 Å². The summed E-state index contributed by atoms with van der Waals surface area (Å²) in [5.74, 6) is 1.30. The molecule has 5 nitrogen and oxygen atoms in total. The molecule has 2 atom stereocenters. The first-order valence-corrected chi connectivity index (χ1v) is 5.49. The third-order valence-corrected chi connectivity index (χ3v) is 3.01. The van der Waals surface area contributed by atoms with Crippen LogP contribution in [0.3, 0.4) is 0 Å². The summed E-state index contributed by atoms with van der Waals surface area (Å²) in [6.07, 6.45) is 2.37. The minimum atomic E-state index is 0.311. The molecule has 0 aliphatic carbocycles. The summed E-state index contributed by atoms with van der Waals surface area (Å²) in [4.78, 5) is 2.17. The van der Waals surface area contributed by atoms with Crippen molar-refractivity contribution in [2.45, 2.75) is 39.3 Å². The Kier molecular flexibility index (Phi) is 2.90.